The maximum atomic E-state index is 6.24. The summed E-state index contributed by atoms with van der Waals surface area (Å²) in [5, 5.41) is 0. The van der Waals surface area contributed by atoms with E-state index in [2.05, 4.69) is 30.9 Å². The Morgan fingerprint density at radius 3 is 1.74 bits per heavy atom. The summed E-state index contributed by atoms with van der Waals surface area (Å²) in [5.41, 5.74) is 2.06. The Morgan fingerprint density at radius 2 is 1.29 bits per heavy atom. The summed E-state index contributed by atoms with van der Waals surface area (Å²) in [5.74, 6) is 0.313. The molecule has 0 aromatic heterocycles. The van der Waals surface area contributed by atoms with Crippen molar-refractivity contribution in [1.29, 1.82) is 0 Å². The summed E-state index contributed by atoms with van der Waals surface area (Å²) >= 11 is 0. The standard InChI is InChI=1S/C23H48O8Si4/c1-24-32(9,25-2)19-34(28-5,29-6)23-16-15-21(17-23)18-33(26-3,27-4)20-35(30-7,31-8)22-13-11-10-12-14-22/h10-11,15-16,21-23H,12-14,17-20H2,1-9H3. The average molecular weight is 565 g/mol. The summed E-state index contributed by atoms with van der Waals surface area (Å²) < 4.78 is 48.8. The van der Waals surface area contributed by atoms with Crippen LogP contribution in [0.15, 0.2) is 24.3 Å². The number of hydrogen-bond acceptors (Lipinski definition) is 8. The summed E-state index contributed by atoms with van der Waals surface area (Å²) in [6, 6.07) is 0.845. The molecule has 0 aromatic rings. The molecule has 2 rings (SSSR count). The largest absolute Gasteiger partial charge is 0.398 e. The molecule has 0 heterocycles. The molecular weight excluding hydrogens is 517 g/mol. The molecule has 0 amide bonds. The van der Waals surface area contributed by atoms with Crippen molar-refractivity contribution in [3.8, 4) is 0 Å². The molecule has 0 aliphatic heterocycles. The van der Waals surface area contributed by atoms with Gasteiger partial charge in [0.15, 0.2) is 0 Å². The van der Waals surface area contributed by atoms with Gasteiger partial charge in [0.1, 0.15) is 0 Å². The van der Waals surface area contributed by atoms with Gasteiger partial charge in [0, 0.05) is 79.3 Å². The second-order valence-corrected chi connectivity index (χ2v) is 25.2. The van der Waals surface area contributed by atoms with Crippen LogP contribution in [0, 0.1) is 5.92 Å². The van der Waals surface area contributed by atoms with Gasteiger partial charge < -0.3 is 35.4 Å². The fourth-order valence-electron chi connectivity index (χ4n) is 5.73. The van der Waals surface area contributed by atoms with Crippen LogP contribution in [-0.4, -0.2) is 91.1 Å². The van der Waals surface area contributed by atoms with Crippen molar-refractivity contribution >= 4 is 34.2 Å². The van der Waals surface area contributed by atoms with Gasteiger partial charge in [0.25, 0.3) is 0 Å². The van der Waals surface area contributed by atoms with Gasteiger partial charge in [-0.25, -0.2) is 0 Å². The van der Waals surface area contributed by atoms with Crippen LogP contribution in [0.2, 0.25) is 35.0 Å². The normalized spacial score (nSPS) is 23.9. The molecule has 12 heteroatoms. The molecule has 204 valence electrons. The Bertz CT molecular complexity index is 691. The van der Waals surface area contributed by atoms with Crippen molar-refractivity contribution in [2.75, 3.05) is 56.9 Å². The molecule has 2 aliphatic rings. The monoisotopic (exact) mass is 564 g/mol. The molecule has 0 saturated heterocycles. The molecule has 3 atom stereocenters. The van der Waals surface area contributed by atoms with Gasteiger partial charge in [-0.1, -0.05) is 24.3 Å². The van der Waals surface area contributed by atoms with Gasteiger partial charge in [0.05, 0.1) is 0 Å². The quantitative estimate of drug-likeness (QED) is 0.197. The van der Waals surface area contributed by atoms with Crippen molar-refractivity contribution < 1.29 is 35.4 Å². The highest BCUT2D eigenvalue weighted by Gasteiger charge is 2.56. The van der Waals surface area contributed by atoms with Crippen molar-refractivity contribution in [2.45, 2.75) is 60.7 Å². The summed E-state index contributed by atoms with van der Waals surface area (Å²) in [6.45, 7) is 2.07. The van der Waals surface area contributed by atoms with Crippen LogP contribution in [0.5, 0.6) is 0 Å². The maximum Gasteiger partial charge on any atom is 0.346 e. The van der Waals surface area contributed by atoms with Gasteiger partial charge in [-0.3, -0.25) is 0 Å². The molecule has 8 nitrogen and oxygen atoms in total. The van der Waals surface area contributed by atoms with E-state index in [-0.39, 0.29) is 5.54 Å². The van der Waals surface area contributed by atoms with Crippen molar-refractivity contribution in [3.63, 3.8) is 0 Å². The Morgan fingerprint density at radius 1 is 0.686 bits per heavy atom. The van der Waals surface area contributed by atoms with Crippen LogP contribution in [0.4, 0.5) is 0 Å². The number of allylic oxidation sites excluding steroid dienone is 4. The lowest BCUT2D eigenvalue weighted by Crippen LogP contribution is -2.56. The molecule has 0 saturated carbocycles. The first-order valence-electron chi connectivity index (χ1n) is 12.4. The van der Waals surface area contributed by atoms with Crippen molar-refractivity contribution in [1.82, 2.24) is 0 Å². The zero-order valence-electron chi connectivity index (χ0n) is 23.3. The van der Waals surface area contributed by atoms with Crippen LogP contribution in [0.25, 0.3) is 0 Å². The Labute approximate surface area is 217 Å². The fourth-order valence-corrected chi connectivity index (χ4v) is 25.3. The molecule has 0 bridgehead atoms. The van der Waals surface area contributed by atoms with Gasteiger partial charge in [-0.2, -0.15) is 0 Å². The van der Waals surface area contributed by atoms with Gasteiger partial charge in [0.2, 0.25) is 0 Å². The lowest BCUT2D eigenvalue weighted by Gasteiger charge is -2.41. The second kappa shape index (κ2) is 13.7. The lowest BCUT2D eigenvalue weighted by molar-refractivity contribution is 0.204. The van der Waals surface area contributed by atoms with E-state index in [9.17, 15) is 0 Å². The SMILES string of the molecule is CO[Si](C)(C[Si](OC)(OC)C1C=CC(C[Si](C[Si](OC)(OC)C2CC=CCC2)(OC)OC)C1)OC. The molecule has 3 unspecified atom stereocenters. The highest BCUT2D eigenvalue weighted by Crippen LogP contribution is 2.46. The molecule has 2 aliphatic carbocycles. The third-order valence-corrected chi connectivity index (χ3v) is 27.4. The van der Waals surface area contributed by atoms with E-state index in [1.54, 1.807) is 56.9 Å². The van der Waals surface area contributed by atoms with Crippen LogP contribution < -0.4 is 0 Å². The van der Waals surface area contributed by atoms with Gasteiger partial charge in [-0.05, 0) is 44.2 Å². The molecule has 0 fully saturated rings. The topological polar surface area (TPSA) is 73.8 Å². The highest BCUT2D eigenvalue weighted by molar-refractivity contribution is 6.87. The van der Waals surface area contributed by atoms with Gasteiger partial charge in [-0.15, -0.1) is 0 Å². The predicted octanol–water partition coefficient (Wildman–Crippen LogP) is 4.69. The predicted molar refractivity (Wildman–Crippen MR) is 147 cm³/mol. The minimum absolute atomic E-state index is 0.204. The van der Waals surface area contributed by atoms with E-state index in [1.165, 1.54) is 0 Å². The minimum Gasteiger partial charge on any atom is -0.398 e. The summed E-state index contributed by atoms with van der Waals surface area (Å²) in [4.78, 5) is 0. The zero-order chi connectivity index (χ0) is 26.2. The third-order valence-electron chi connectivity index (χ3n) is 8.27. The van der Waals surface area contributed by atoms with Crippen LogP contribution >= 0.6 is 0 Å². The Kier molecular flexibility index (Phi) is 12.2. The molecule has 35 heavy (non-hydrogen) atoms. The minimum atomic E-state index is -2.61. The highest BCUT2D eigenvalue weighted by atomic mass is 28.4. The second-order valence-electron chi connectivity index (χ2n) is 9.83. The first kappa shape index (κ1) is 31.2. The average Bonchev–Trinajstić information content (AvgIpc) is 3.39. The molecule has 0 N–H and O–H groups in total. The van der Waals surface area contributed by atoms with E-state index in [4.69, 9.17) is 35.4 Å². The first-order chi connectivity index (χ1) is 16.7. The van der Waals surface area contributed by atoms with Gasteiger partial charge >= 0.3 is 34.2 Å². The van der Waals surface area contributed by atoms with E-state index >= 15 is 0 Å². The van der Waals surface area contributed by atoms with Crippen LogP contribution in [0.1, 0.15) is 25.7 Å². The van der Waals surface area contributed by atoms with E-state index in [0.29, 0.717) is 17.1 Å². The Balaban J connectivity index is 2.22. The van der Waals surface area contributed by atoms with E-state index < -0.39 is 34.2 Å². The fraction of sp³-hybridized carbons (Fsp3) is 0.826. The van der Waals surface area contributed by atoms with Crippen molar-refractivity contribution in [3.05, 3.63) is 24.3 Å². The smallest absolute Gasteiger partial charge is 0.346 e. The van der Waals surface area contributed by atoms with E-state index in [0.717, 1.165) is 37.4 Å². The Hall–Kier alpha value is 0.0275. The number of hydrogen-bond donors (Lipinski definition) is 0. The first-order valence-corrected chi connectivity index (χ1v) is 21.4. The van der Waals surface area contributed by atoms with E-state index in [1.807, 2.05) is 0 Å². The third kappa shape index (κ3) is 7.12. The summed E-state index contributed by atoms with van der Waals surface area (Å²) in [6.07, 6.45) is 13.2. The number of rotatable bonds is 16. The molecule has 0 spiro atoms. The lowest BCUT2D eigenvalue weighted by atomic mass is 10.1. The molecular formula is C23H48O8Si4. The zero-order valence-corrected chi connectivity index (χ0v) is 27.3. The summed E-state index contributed by atoms with van der Waals surface area (Å²) in [7, 11) is 4.00. The van der Waals surface area contributed by atoms with Crippen LogP contribution in [0.3, 0.4) is 0 Å². The van der Waals surface area contributed by atoms with Crippen LogP contribution in [-0.2, 0) is 35.4 Å². The van der Waals surface area contributed by atoms with Crippen molar-refractivity contribution in [2.24, 2.45) is 5.92 Å². The maximum absolute atomic E-state index is 6.24. The molecule has 0 aromatic carbocycles. The molecule has 0 radical (unpaired) electrons.